The number of nitrogens with zero attached hydrogens (tertiary/aromatic N) is 4. The Hall–Kier alpha value is -2.45. The molecule has 0 unspecified atom stereocenters. The van der Waals surface area contributed by atoms with Crippen molar-refractivity contribution in [3.8, 4) is 17.1 Å². The molecule has 8 nitrogen and oxygen atoms in total. The van der Waals surface area contributed by atoms with E-state index in [9.17, 15) is 0 Å². The number of rotatable bonds is 6. The molecule has 0 aliphatic carbocycles. The van der Waals surface area contributed by atoms with Crippen LogP contribution in [0.15, 0.2) is 24.4 Å². The van der Waals surface area contributed by atoms with Crippen molar-refractivity contribution in [3.05, 3.63) is 24.4 Å². The van der Waals surface area contributed by atoms with Crippen molar-refractivity contribution < 1.29 is 9.47 Å². The highest BCUT2D eigenvalue weighted by Gasteiger charge is 2.10. The second kappa shape index (κ2) is 7.89. The second-order valence-corrected chi connectivity index (χ2v) is 5.47. The van der Waals surface area contributed by atoms with Crippen molar-refractivity contribution in [3.63, 3.8) is 0 Å². The van der Waals surface area contributed by atoms with Gasteiger partial charge in [-0.05, 0) is 6.07 Å². The minimum Gasteiger partial charge on any atom is -0.481 e. The molecular weight excluding hydrogens is 308 g/mol. The fourth-order valence-electron chi connectivity index (χ4n) is 2.52. The number of nitrogen functional groups attached to an aromatic ring is 1. The highest BCUT2D eigenvalue weighted by Crippen LogP contribution is 2.21. The predicted octanol–water partition coefficient (Wildman–Crippen LogP) is 0.873. The molecule has 3 N–H and O–H groups in total. The summed E-state index contributed by atoms with van der Waals surface area (Å²) in [4.78, 5) is 15.1. The number of pyridine rings is 1. The lowest BCUT2D eigenvalue weighted by Crippen LogP contribution is -2.39. The molecule has 128 valence electrons. The molecule has 0 aromatic carbocycles. The van der Waals surface area contributed by atoms with E-state index in [4.69, 9.17) is 15.2 Å². The van der Waals surface area contributed by atoms with Gasteiger partial charge in [-0.15, -0.1) is 0 Å². The van der Waals surface area contributed by atoms with E-state index in [1.165, 1.54) is 0 Å². The maximum Gasteiger partial charge on any atom is 0.222 e. The van der Waals surface area contributed by atoms with Gasteiger partial charge < -0.3 is 20.5 Å². The molecule has 0 bridgehead atoms. The van der Waals surface area contributed by atoms with Gasteiger partial charge in [0.1, 0.15) is 5.82 Å². The maximum atomic E-state index is 5.83. The summed E-state index contributed by atoms with van der Waals surface area (Å²) in [7, 11) is 1.58. The third-order valence-corrected chi connectivity index (χ3v) is 3.82. The molecule has 3 heterocycles. The van der Waals surface area contributed by atoms with Gasteiger partial charge in [0.25, 0.3) is 0 Å². The number of hydrogen-bond acceptors (Lipinski definition) is 8. The zero-order valence-electron chi connectivity index (χ0n) is 13.7. The Morgan fingerprint density at radius 3 is 2.83 bits per heavy atom. The van der Waals surface area contributed by atoms with E-state index >= 15 is 0 Å². The average Bonchev–Trinajstić information content (AvgIpc) is 2.62. The quantitative estimate of drug-likeness (QED) is 0.805. The first-order chi connectivity index (χ1) is 11.7. The van der Waals surface area contributed by atoms with Crippen molar-refractivity contribution in [1.82, 2.24) is 19.9 Å². The Bertz CT molecular complexity index is 658. The predicted molar refractivity (Wildman–Crippen MR) is 92.0 cm³/mol. The molecule has 24 heavy (non-hydrogen) atoms. The number of aromatic nitrogens is 3. The van der Waals surface area contributed by atoms with Crippen LogP contribution in [0.2, 0.25) is 0 Å². The summed E-state index contributed by atoms with van der Waals surface area (Å²) in [5.74, 6) is 1.50. The van der Waals surface area contributed by atoms with Gasteiger partial charge in [-0.2, -0.15) is 4.98 Å². The van der Waals surface area contributed by atoms with E-state index in [-0.39, 0.29) is 5.95 Å². The topological polar surface area (TPSA) is 98.4 Å². The molecule has 2 aromatic rings. The highest BCUT2D eigenvalue weighted by atomic mass is 16.5. The van der Waals surface area contributed by atoms with Crippen molar-refractivity contribution in [1.29, 1.82) is 0 Å². The lowest BCUT2D eigenvalue weighted by Gasteiger charge is -2.26. The molecule has 0 spiro atoms. The van der Waals surface area contributed by atoms with Crippen molar-refractivity contribution in [2.45, 2.75) is 0 Å². The van der Waals surface area contributed by atoms with Crippen molar-refractivity contribution >= 4 is 11.8 Å². The summed E-state index contributed by atoms with van der Waals surface area (Å²) in [5, 5.41) is 3.31. The van der Waals surface area contributed by atoms with Crippen LogP contribution < -0.4 is 15.8 Å². The molecule has 0 saturated carbocycles. The molecule has 0 radical (unpaired) electrons. The van der Waals surface area contributed by atoms with Gasteiger partial charge in [-0.1, -0.05) is 0 Å². The van der Waals surface area contributed by atoms with E-state index in [2.05, 4.69) is 25.2 Å². The van der Waals surface area contributed by atoms with E-state index in [1.54, 1.807) is 19.4 Å². The normalized spacial score (nSPS) is 15.2. The number of anilines is 2. The monoisotopic (exact) mass is 330 g/mol. The van der Waals surface area contributed by atoms with Gasteiger partial charge in [-0.3, -0.25) is 4.90 Å². The molecule has 0 atom stereocenters. The first-order valence-corrected chi connectivity index (χ1v) is 7.93. The Balaban J connectivity index is 1.64. The zero-order chi connectivity index (χ0) is 16.8. The SMILES string of the molecule is COc1ccc(-c2cc(NCCN3CCOCC3)nc(N)n2)cn1. The third kappa shape index (κ3) is 4.30. The minimum atomic E-state index is 0.234. The van der Waals surface area contributed by atoms with Crippen LogP contribution in [0.5, 0.6) is 5.88 Å². The van der Waals surface area contributed by atoms with E-state index in [1.807, 2.05) is 12.1 Å². The van der Waals surface area contributed by atoms with Crippen LogP contribution >= 0.6 is 0 Å². The number of methoxy groups -OCH3 is 1. The number of nitrogens with two attached hydrogens (primary N) is 1. The molecule has 3 rings (SSSR count). The van der Waals surface area contributed by atoms with Crippen LogP contribution in [0.4, 0.5) is 11.8 Å². The van der Waals surface area contributed by atoms with Gasteiger partial charge in [-0.25, -0.2) is 9.97 Å². The molecule has 0 amide bonds. The van der Waals surface area contributed by atoms with E-state index in [0.29, 0.717) is 11.7 Å². The average molecular weight is 330 g/mol. The molecule has 1 aliphatic rings. The number of nitrogens with one attached hydrogen (secondary N) is 1. The highest BCUT2D eigenvalue weighted by molar-refractivity contribution is 5.63. The third-order valence-electron chi connectivity index (χ3n) is 3.82. The van der Waals surface area contributed by atoms with E-state index in [0.717, 1.165) is 50.7 Å². The van der Waals surface area contributed by atoms with Crippen molar-refractivity contribution in [2.24, 2.45) is 0 Å². The lowest BCUT2D eigenvalue weighted by atomic mass is 10.2. The Kier molecular flexibility index (Phi) is 5.39. The summed E-state index contributed by atoms with van der Waals surface area (Å²) in [6.07, 6.45) is 1.71. The standard InChI is InChI=1S/C16H22N6O2/c1-23-15-3-2-12(11-19-15)13-10-14(21-16(17)20-13)18-4-5-22-6-8-24-9-7-22/h2-3,10-11H,4-9H2,1H3,(H3,17,18,20,21). The van der Waals surface area contributed by atoms with E-state index < -0.39 is 0 Å². The van der Waals surface area contributed by atoms with Crippen LogP contribution in [0, 0.1) is 0 Å². The minimum absolute atomic E-state index is 0.234. The zero-order valence-corrected chi connectivity index (χ0v) is 13.7. The van der Waals surface area contributed by atoms with Crippen LogP contribution in [-0.4, -0.2) is 66.4 Å². The molecule has 1 saturated heterocycles. The number of hydrogen-bond donors (Lipinski definition) is 2. The summed E-state index contributed by atoms with van der Waals surface area (Å²) in [6, 6.07) is 5.56. The smallest absolute Gasteiger partial charge is 0.222 e. The molecular formula is C16H22N6O2. The molecule has 2 aromatic heterocycles. The van der Waals surface area contributed by atoms with Gasteiger partial charge in [0, 0.05) is 50.1 Å². The molecule has 1 aliphatic heterocycles. The summed E-state index contributed by atoms with van der Waals surface area (Å²) in [5.41, 5.74) is 7.42. The van der Waals surface area contributed by atoms with Gasteiger partial charge in [0.15, 0.2) is 0 Å². The first kappa shape index (κ1) is 16.4. The van der Waals surface area contributed by atoms with Gasteiger partial charge >= 0.3 is 0 Å². The fourth-order valence-corrected chi connectivity index (χ4v) is 2.52. The summed E-state index contributed by atoms with van der Waals surface area (Å²) >= 11 is 0. The summed E-state index contributed by atoms with van der Waals surface area (Å²) < 4.78 is 10.4. The number of ether oxygens (including phenoxy) is 2. The summed E-state index contributed by atoms with van der Waals surface area (Å²) in [6.45, 7) is 5.26. The van der Waals surface area contributed by atoms with Crippen LogP contribution in [-0.2, 0) is 4.74 Å². The van der Waals surface area contributed by atoms with Crippen LogP contribution in [0.1, 0.15) is 0 Å². The lowest BCUT2D eigenvalue weighted by molar-refractivity contribution is 0.0398. The number of morpholine rings is 1. The van der Waals surface area contributed by atoms with Crippen LogP contribution in [0.25, 0.3) is 11.3 Å². The fraction of sp³-hybridized carbons (Fsp3) is 0.438. The Labute approximate surface area is 141 Å². The second-order valence-electron chi connectivity index (χ2n) is 5.47. The Morgan fingerprint density at radius 1 is 1.29 bits per heavy atom. The van der Waals surface area contributed by atoms with Gasteiger partial charge in [0.05, 0.1) is 26.0 Å². The first-order valence-electron chi connectivity index (χ1n) is 7.93. The van der Waals surface area contributed by atoms with Crippen LogP contribution in [0.3, 0.4) is 0 Å². The maximum absolute atomic E-state index is 5.83. The largest absolute Gasteiger partial charge is 0.481 e. The Morgan fingerprint density at radius 2 is 2.12 bits per heavy atom. The molecule has 1 fully saturated rings. The van der Waals surface area contributed by atoms with Crippen molar-refractivity contribution in [2.75, 3.05) is 57.6 Å². The molecule has 8 heteroatoms. The van der Waals surface area contributed by atoms with Gasteiger partial charge in [0.2, 0.25) is 11.8 Å².